The first-order valence-corrected chi connectivity index (χ1v) is 7.98. The first-order valence-electron chi connectivity index (χ1n) is 6.39. The summed E-state index contributed by atoms with van der Waals surface area (Å²) in [5, 5.41) is 0. The topological polar surface area (TPSA) is 23.6 Å². The fourth-order valence-corrected chi connectivity index (χ4v) is 3.74. The Morgan fingerprint density at radius 2 is 1.68 bits per heavy atom. The maximum atomic E-state index is 12.5. The minimum atomic E-state index is 0.124. The molecule has 0 radical (unpaired) electrons. The molecule has 0 aromatic heterocycles. The van der Waals surface area contributed by atoms with Gasteiger partial charge in [0.05, 0.1) is 0 Å². The first kappa shape index (κ1) is 15.0. The van der Waals surface area contributed by atoms with Gasteiger partial charge in [-0.25, -0.2) is 0 Å². The van der Waals surface area contributed by atoms with Crippen molar-refractivity contribution in [1.29, 1.82) is 0 Å². The number of halogens is 2. The lowest BCUT2D eigenvalue weighted by Gasteiger charge is -2.35. The molecule has 0 bridgehead atoms. The Labute approximate surface area is 131 Å². The Morgan fingerprint density at radius 1 is 1.16 bits per heavy atom. The van der Waals surface area contributed by atoms with Gasteiger partial charge in [0.2, 0.25) is 0 Å². The van der Waals surface area contributed by atoms with Gasteiger partial charge in [0.25, 0.3) is 5.91 Å². The number of benzene rings is 1. The van der Waals surface area contributed by atoms with Crippen molar-refractivity contribution in [2.24, 2.45) is 0 Å². The molecule has 19 heavy (non-hydrogen) atoms. The molecule has 1 heterocycles. The number of piperidine rings is 1. The second-order valence-electron chi connectivity index (χ2n) is 5.15. The van der Waals surface area contributed by atoms with E-state index >= 15 is 0 Å². The Bertz CT molecular complexity index is 448. The number of nitrogens with zero attached hydrogens (tertiary/aromatic N) is 2. The van der Waals surface area contributed by atoms with E-state index in [2.05, 4.69) is 50.9 Å². The van der Waals surface area contributed by atoms with Crippen molar-refractivity contribution in [2.75, 3.05) is 27.2 Å². The number of carbonyl (C=O) groups excluding carboxylic acids is 1. The van der Waals surface area contributed by atoms with E-state index in [0.717, 1.165) is 40.4 Å². The summed E-state index contributed by atoms with van der Waals surface area (Å²) in [5.74, 6) is 0.124. The Kier molecular flexibility index (Phi) is 5.03. The van der Waals surface area contributed by atoms with Gasteiger partial charge in [-0.3, -0.25) is 4.79 Å². The lowest BCUT2D eigenvalue weighted by Crippen LogP contribution is -2.44. The number of hydrogen-bond acceptors (Lipinski definition) is 2. The second-order valence-corrected chi connectivity index (χ2v) is 6.98. The average molecular weight is 390 g/mol. The van der Waals surface area contributed by atoms with Gasteiger partial charge < -0.3 is 9.80 Å². The van der Waals surface area contributed by atoms with Crippen molar-refractivity contribution in [1.82, 2.24) is 9.80 Å². The van der Waals surface area contributed by atoms with Gasteiger partial charge in [-0.2, -0.15) is 0 Å². The average Bonchev–Trinajstić information content (AvgIpc) is 2.37. The molecular weight excluding hydrogens is 372 g/mol. The normalized spacial score (nSPS) is 17.0. The maximum absolute atomic E-state index is 12.5. The molecule has 1 amide bonds. The van der Waals surface area contributed by atoms with Crippen LogP contribution < -0.4 is 0 Å². The van der Waals surface area contributed by atoms with Crippen LogP contribution in [0.3, 0.4) is 0 Å². The summed E-state index contributed by atoms with van der Waals surface area (Å²) >= 11 is 6.85. The largest absolute Gasteiger partial charge is 0.339 e. The number of carbonyl (C=O) groups is 1. The Hall–Kier alpha value is -0.390. The van der Waals surface area contributed by atoms with Crippen molar-refractivity contribution in [3.05, 3.63) is 32.7 Å². The van der Waals surface area contributed by atoms with Gasteiger partial charge >= 0.3 is 0 Å². The SMILES string of the molecule is CN(C)C1CCN(C(=O)c2cc(Br)cc(Br)c2)CC1. The zero-order valence-corrected chi connectivity index (χ0v) is 14.4. The van der Waals surface area contributed by atoms with Crippen LogP contribution in [0.4, 0.5) is 0 Å². The van der Waals surface area contributed by atoms with Gasteiger partial charge in [-0.05, 0) is 45.1 Å². The number of hydrogen-bond donors (Lipinski definition) is 0. The van der Waals surface area contributed by atoms with E-state index in [1.54, 1.807) is 0 Å². The van der Waals surface area contributed by atoms with Gasteiger partial charge in [-0.1, -0.05) is 31.9 Å². The quantitative estimate of drug-likeness (QED) is 0.774. The van der Waals surface area contributed by atoms with Crippen molar-refractivity contribution < 1.29 is 4.79 Å². The van der Waals surface area contributed by atoms with Crippen LogP contribution >= 0.6 is 31.9 Å². The van der Waals surface area contributed by atoms with Crippen LogP contribution in [0.15, 0.2) is 27.1 Å². The van der Waals surface area contributed by atoms with Crippen molar-refractivity contribution in [3.8, 4) is 0 Å². The van der Waals surface area contributed by atoms with Crippen LogP contribution in [0.1, 0.15) is 23.2 Å². The summed E-state index contributed by atoms with van der Waals surface area (Å²) in [5.41, 5.74) is 0.740. The highest BCUT2D eigenvalue weighted by atomic mass is 79.9. The monoisotopic (exact) mass is 388 g/mol. The smallest absolute Gasteiger partial charge is 0.253 e. The molecule has 1 aliphatic rings. The summed E-state index contributed by atoms with van der Waals surface area (Å²) in [7, 11) is 4.21. The molecule has 3 nitrogen and oxygen atoms in total. The van der Waals surface area contributed by atoms with Gasteiger partial charge in [0.1, 0.15) is 0 Å². The standard InChI is InChI=1S/C14H18Br2N2O/c1-17(2)13-3-5-18(6-4-13)14(19)10-7-11(15)9-12(16)8-10/h7-9,13H,3-6H2,1-2H3. The second kappa shape index (κ2) is 6.37. The predicted octanol–water partition coefficient (Wildman–Crippen LogP) is 3.38. The van der Waals surface area contributed by atoms with E-state index in [1.807, 2.05) is 23.1 Å². The van der Waals surface area contributed by atoms with Crippen molar-refractivity contribution >= 4 is 37.8 Å². The summed E-state index contributed by atoms with van der Waals surface area (Å²) in [6, 6.07) is 6.30. The molecule has 2 rings (SSSR count). The molecule has 5 heteroatoms. The Balaban J connectivity index is 2.05. The fraction of sp³-hybridized carbons (Fsp3) is 0.500. The molecule has 104 valence electrons. The maximum Gasteiger partial charge on any atom is 0.253 e. The molecule has 1 aromatic carbocycles. The molecule has 0 N–H and O–H groups in total. The van der Waals surface area contributed by atoms with Gasteiger partial charge in [0, 0.05) is 33.6 Å². The van der Waals surface area contributed by atoms with E-state index in [9.17, 15) is 4.79 Å². The van der Waals surface area contributed by atoms with E-state index in [-0.39, 0.29) is 5.91 Å². The molecule has 1 aromatic rings. The predicted molar refractivity (Wildman–Crippen MR) is 84.5 cm³/mol. The lowest BCUT2D eigenvalue weighted by molar-refractivity contribution is 0.0663. The van der Waals surface area contributed by atoms with E-state index in [4.69, 9.17) is 0 Å². The molecule has 1 fully saturated rings. The molecule has 0 aliphatic carbocycles. The summed E-state index contributed by atoms with van der Waals surface area (Å²) in [6.07, 6.45) is 2.10. The van der Waals surface area contributed by atoms with E-state index in [1.165, 1.54) is 0 Å². The third kappa shape index (κ3) is 3.80. The van der Waals surface area contributed by atoms with Gasteiger partial charge in [0.15, 0.2) is 0 Å². The minimum absolute atomic E-state index is 0.124. The molecule has 0 saturated carbocycles. The summed E-state index contributed by atoms with van der Waals surface area (Å²) in [4.78, 5) is 16.7. The minimum Gasteiger partial charge on any atom is -0.339 e. The zero-order valence-electron chi connectivity index (χ0n) is 11.2. The van der Waals surface area contributed by atoms with Crippen molar-refractivity contribution in [2.45, 2.75) is 18.9 Å². The van der Waals surface area contributed by atoms with Crippen molar-refractivity contribution in [3.63, 3.8) is 0 Å². The highest BCUT2D eigenvalue weighted by Crippen LogP contribution is 2.23. The van der Waals surface area contributed by atoms with E-state index < -0.39 is 0 Å². The molecular formula is C14H18Br2N2O. The number of amides is 1. The zero-order chi connectivity index (χ0) is 14.0. The van der Waals surface area contributed by atoms with Crippen LogP contribution in [0.5, 0.6) is 0 Å². The lowest BCUT2D eigenvalue weighted by atomic mass is 10.0. The van der Waals surface area contributed by atoms with Crippen LogP contribution in [-0.4, -0.2) is 48.9 Å². The molecule has 0 spiro atoms. The highest BCUT2D eigenvalue weighted by Gasteiger charge is 2.24. The number of rotatable bonds is 2. The van der Waals surface area contributed by atoms with Crippen LogP contribution in [0.25, 0.3) is 0 Å². The molecule has 1 saturated heterocycles. The van der Waals surface area contributed by atoms with Crippen LogP contribution in [0.2, 0.25) is 0 Å². The fourth-order valence-electron chi connectivity index (χ4n) is 2.45. The number of likely N-dealkylation sites (tertiary alicyclic amines) is 1. The molecule has 1 aliphatic heterocycles. The summed E-state index contributed by atoms with van der Waals surface area (Å²) in [6.45, 7) is 1.68. The van der Waals surface area contributed by atoms with E-state index in [0.29, 0.717) is 6.04 Å². The molecule has 0 unspecified atom stereocenters. The highest BCUT2D eigenvalue weighted by molar-refractivity contribution is 9.11. The van der Waals surface area contributed by atoms with Gasteiger partial charge in [-0.15, -0.1) is 0 Å². The first-order chi connectivity index (χ1) is 8.97. The van der Waals surface area contributed by atoms with Crippen LogP contribution in [0, 0.1) is 0 Å². The molecule has 0 atom stereocenters. The third-order valence-electron chi connectivity index (χ3n) is 3.59. The van der Waals surface area contributed by atoms with Crippen LogP contribution in [-0.2, 0) is 0 Å². The Morgan fingerprint density at radius 3 is 2.16 bits per heavy atom. The third-order valence-corrected chi connectivity index (χ3v) is 4.51. The summed E-state index contributed by atoms with van der Waals surface area (Å²) < 4.78 is 1.85.